The Bertz CT molecular complexity index is 365. The predicted molar refractivity (Wildman–Crippen MR) is 61.3 cm³/mol. The third kappa shape index (κ3) is 4.22. The lowest BCUT2D eigenvalue weighted by molar-refractivity contribution is 0.0890. The van der Waals surface area contributed by atoms with Crippen molar-refractivity contribution in [3.63, 3.8) is 0 Å². The molecule has 1 aromatic rings. The molecule has 2 N–H and O–H groups in total. The molecule has 0 heterocycles. The van der Waals surface area contributed by atoms with E-state index in [0.29, 0.717) is 0 Å². The highest BCUT2D eigenvalue weighted by atomic mass is 19.1. The van der Waals surface area contributed by atoms with Crippen molar-refractivity contribution in [3.8, 4) is 0 Å². The Balaban J connectivity index is 2.67. The third-order valence-electron chi connectivity index (χ3n) is 2.37. The summed E-state index contributed by atoms with van der Waals surface area (Å²) in [7, 11) is 0. The molecule has 0 aliphatic rings. The Morgan fingerprint density at radius 2 is 1.76 bits per heavy atom. The highest BCUT2D eigenvalue weighted by molar-refractivity contribution is 5.97. The summed E-state index contributed by atoms with van der Waals surface area (Å²) in [5, 5.41) is 17.6. The summed E-state index contributed by atoms with van der Waals surface area (Å²) in [5.41, 5.74) is 0.0355. The molecule has 94 valence electrons. The van der Waals surface area contributed by atoms with Gasteiger partial charge in [-0.05, 0) is 12.1 Å². The van der Waals surface area contributed by atoms with Crippen LogP contribution in [0.4, 0.5) is 4.39 Å². The first kappa shape index (κ1) is 13.8. The lowest BCUT2D eigenvalue weighted by Gasteiger charge is -2.19. The van der Waals surface area contributed by atoms with Crippen molar-refractivity contribution in [1.29, 1.82) is 0 Å². The van der Waals surface area contributed by atoms with Crippen LogP contribution in [0.25, 0.3) is 0 Å². The topological polar surface area (TPSA) is 60.8 Å². The Kier molecular flexibility index (Phi) is 5.76. The number of rotatable bonds is 7. The zero-order chi connectivity index (χ0) is 12.7. The maximum Gasteiger partial charge on any atom is 0.179 e. The van der Waals surface area contributed by atoms with Crippen LogP contribution < -0.4 is 0 Å². The van der Waals surface area contributed by atoms with Crippen LogP contribution in [0, 0.1) is 5.82 Å². The maximum atomic E-state index is 13.3. The van der Waals surface area contributed by atoms with Gasteiger partial charge in [-0.25, -0.2) is 4.39 Å². The van der Waals surface area contributed by atoms with E-state index >= 15 is 0 Å². The van der Waals surface area contributed by atoms with Crippen molar-refractivity contribution in [2.24, 2.45) is 0 Å². The van der Waals surface area contributed by atoms with Crippen LogP contribution in [0.15, 0.2) is 24.3 Å². The Hall–Kier alpha value is -1.30. The van der Waals surface area contributed by atoms with Crippen molar-refractivity contribution in [2.45, 2.75) is 0 Å². The monoisotopic (exact) mass is 241 g/mol. The number of aliphatic hydroxyl groups excluding tert-OH is 2. The number of carbonyl (C=O) groups excluding carboxylic acids is 1. The number of nitrogens with zero attached hydrogens (tertiary/aromatic N) is 1. The van der Waals surface area contributed by atoms with Gasteiger partial charge < -0.3 is 10.2 Å². The predicted octanol–water partition coefficient (Wildman–Crippen LogP) is 0.295. The molecule has 0 spiro atoms. The summed E-state index contributed by atoms with van der Waals surface area (Å²) in [6.45, 7) is 0.332. The second-order valence-corrected chi connectivity index (χ2v) is 3.63. The normalized spacial score (nSPS) is 10.8. The molecule has 0 radical (unpaired) electrons. The third-order valence-corrected chi connectivity index (χ3v) is 2.37. The molecular formula is C12H16FNO3. The van der Waals surface area contributed by atoms with E-state index in [1.165, 1.54) is 18.2 Å². The molecule has 1 rings (SSSR count). The number of hydrogen-bond acceptors (Lipinski definition) is 4. The number of hydrogen-bond donors (Lipinski definition) is 2. The standard InChI is InChI=1S/C12H16FNO3/c13-11-4-2-1-3-10(11)12(17)9-14(5-7-15)6-8-16/h1-4,15-16H,5-9H2. The highest BCUT2D eigenvalue weighted by Crippen LogP contribution is 2.08. The first-order valence-corrected chi connectivity index (χ1v) is 5.41. The van der Waals surface area contributed by atoms with Gasteiger partial charge in [-0.2, -0.15) is 0 Å². The highest BCUT2D eigenvalue weighted by Gasteiger charge is 2.14. The molecule has 0 saturated heterocycles. The summed E-state index contributed by atoms with van der Waals surface area (Å²) >= 11 is 0. The number of ketones is 1. The van der Waals surface area contributed by atoms with Crippen molar-refractivity contribution in [1.82, 2.24) is 4.90 Å². The fourth-order valence-electron chi connectivity index (χ4n) is 1.53. The van der Waals surface area contributed by atoms with Gasteiger partial charge in [0.05, 0.1) is 25.3 Å². The summed E-state index contributed by atoms with van der Waals surface area (Å²) < 4.78 is 13.3. The lowest BCUT2D eigenvalue weighted by atomic mass is 10.1. The molecule has 0 fully saturated rings. The van der Waals surface area contributed by atoms with Gasteiger partial charge in [0.25, 0.3) is 0 Å². The van der Waals surface area contributed by atoms with E-state index in [-0.39, 0.29) is 44.2 Å². The molecule has 0 amide bonds. The molecule has 0 aliphatic heterocycles. The summed E-state index contributed by atoms with van der Waals surface area (Å²) in [6, 6.07) is 5.77. The number of benzene rings is 1. The summed E-state index contributed by atoms with van der Waals surface area (Å²) in [4.78, 5) is 13.4. The minimum absolute atomic E-state index is 0.0119. The molecule has 0 bridgehead atoms. The lowest BCUT2D eigenvalue weighted by Crippen LogP contribution is -2.35. The van der Waals surface area contributed by atoms with Gasteiger partial charge in [0.1, 0.15) is 5.82 Å². The molecule has 0 unspecified atom stereocenters. The Labute approximate surface area is 99.3 Å². The zero-order valence-electron chi connectivity index (χ0n) is 9.47. The number of aliphatic hydroxyl groups is 2. The summed E-state index contributed by atoms with van der Waals surface area (Å²) in [6.07, 6.45) is 0. The van der Waals surface area contributed by atoms with E-state index in [1.807, 2.05) is 0 Å². The van der Waals surface area contributed by atoms with Crippen LogP contribution in [0.5, 0.6) is 0 Å². The van der Waals surface area contributed by atoms with Gasteiger partial charge in [0.2, 0.25) is 0 Å². The molecule has 17 heavy (non-hydrogen) atoms. The quantitative estimate of drug-likeness (QED) is 0.674. The van der Waals surface area contributed by atoms with Crippen molar-refractivity contribution >= 4 is 5.78 Å². The van der Waals surface area contributed by atoms with E-state index in [1.54, 1.807) is 11.0 Å². The van der Waals surface area contributed by atoms with Gasteiger partial charge in [-0.3, -0.25) is 9.69 Å². The van der Waals surface area contributed by atoms with E-state index < -0.39 is 5.82 Å². The molecule has 4 nitrogen and oxygen atoms in total. The van der Waals surface area contributed by atoms with E-state index in [9.17, 15) is 9.18 Å². The van der Waals surface area contributed by atoms with Crippen molar-refractivity contribution in [3.05, 3.63) is 35.6 Å². The first-order valence-electron chi connectivity index (χ1n) is 5.41. The maximum absolute atomic E-state index is 13.3. The van der Waals surface area contributed by atoms with Crippen LogP contribution >= 0.6 is 0 Å². The Morgan fingerprint density at radius 3 is 2.29 bits per heavy atom. The van der Waals surface area contributed by atoms with E-state index in [4.69, 9.17) is 10.2 Å². The van der Waals surface area contributed by atoms with Crippen LogP contribution in [0.1, 0.15) is 10.4 Å². The second-order valence-electron chi connectivity index (χ2n) is 3.63. The van der Waals surface area contributed by atoms with Crippen LogP contribution in [0.3, 0.4) is 0 Å². The van der Waals surface area contributed by atoms with Gasteiger partial charge in [0, 0.05) is 13.1 Å². The average molecular weight is 241 g/mol. The van der Waals surface area contributed by atoms with Crippen LogP contribution in [-0.2, 0) is 0 Å². The van der Waals surface area contributed by atoms with Crippen LogP contribution in [0.2, 0.25) is 0 Å². The first-order chi connectivity index (χ1) is 8.19. The average Bonchev–Trinajstić information content (AvgIpc) is 2.30. The molecule has 0 aromatic heterocycles. The van der Waals surface area contributed by atoms with Gasteiger partial charge in [-0.15, -0.1) is 0 Å². The minimum atomic E-state index is -0.551. The zero-order valence-corrected chi connectivity index (χ0v) is 9.47. The number of Topliss-reactive ketones (excluding diaryl/α,β-unsaturated/α-hetero) is 1. The fraction of sp³-hybridized carbons (Fsp3) is 0.417. The molecule has 5 heteroatoms. The van der Waals surface area contributed by atoms with Crippen molar-refractivity contribution < 1.29 is 19.4 Å². The second kappa shape index (κ2) is 7.11. The largest absolute Gasteiger partial charge is 0.395 e. The molecule has 0 atom stereocenters. The van der Waals surface area contributed by atoms with Crippen molar-refractivity contribution in [2.75, 3.05) is 32.8 Å². The SMILES string of the molecule is O=C(CN(CCO)CCO)c1ccccc1F. The molecule has 0 saturated carbocycles. The van der Waals surface area contributed by atoms with Gasteiger partial charge in [0.15, 0.2) is 5.78 Å². The van der Waals surface area contributed by atoms with E-state index in [2.05, 4.69) is 0 Å². The van der Waals surface area contributed by atoms with E-state index in [0.717, 1.165) is 0 Å². The molecule has 1 aromatic carbocycles. The van der Waals surface area contributed by atoms with Gasteiger partial charge >= 0.3 is 0 Å². The van der Waals surface area contributed by atoms with Gasteiger partial charge in [-0.1, -0.05) is 12.1 Å². The smallest absolute Gasteiger partial charge is 0.179 e. The summed E-state index contributed by atoms with van der Waals surface area (Å²) in [5.74, 6) is -0.907. The van der Waals surface area contributed by atoms with Crippen LogP contribution in [-0.4, -0.2) is 53.7 Å². The fourth-order valence-corrected chi connectivity index (χ4v) is 1.53. The molecular weight excluding hydrogens is 225 g/mol. The minimum Gasteiger partial charge on any atom is -0.395 e. The number of carbonyl (C=O) groups is 1. The Morgan fingerprint density at radius 1 is 1.18 bits per heavy atom. The molecule has 0 aliphatic carbocycles. The number of halogens is 1.